The maximum Gasteiger partial charge on any atom is 0.330 e. The van der Waals surface area contributed by atoms with Gasteiger partial charge in [-0.15, -0.1) is 0 Å². The van der Waals surface area contributed by atoms with Gasteiger partial charge in [0.2, 0.25) is 0 Å². The van der Waals surface area contributed by atoms with E-state index in [-0.39, 0.29) is 18.5 Å². The highest BCUT2D eigenvalue weighted by atomic mass is 16.5. The molecule has 0 unspecified atom stereocenters. The zero-order chi connectivity index (χ0) is 22.2. The minimum Gasteiger partial charge on any atom is -0.462 e. The van der Waals surface area contributed by atoms with Crippen LogP contribution in [0.25, 0.3) is 6.08 Å². The fraction of sp³-hybridized carbons (Fsp3) is 0.360. The van der Waals surface area contributed by atoms with Crippen LogP contribution in [0.4, 0.5) is 11.4 Å². The first-order valence-electron chi connectivity index (χ1n) is 10.7. The summed E-state index contributed by atoms with van der Waals surface area (Å²) < 4.78 is 10.7. The number of benzene rings is 2. The first-order valence-corrected chi connectivity index (χ1v) is 10.7. The van der Waals surface area contributed by atoms with Crippen LogP contribution in [0.5, 0.6) is 5.75 Å². The summed E-state index contributed by atoms with van der Waals surface area (Å²) in [5, 5.41) is 0. The molecule has 1 aliphatic carbocycles. The summed E-state index contributed by atoms with van der Waals surface area (Å²) in [4.78, 5) is 24.2. The highest BCUT2D eigenvalue weighted by Gasteiger charge is 2.25. The van der Waals surface area contributed by atoms with Gasteiger partial charge < -0.3 is 20.9 Å². The van der Waals surface area contributed by atoms with Crippen LogP contribution < -0.4 is 16.2 Å². The SMILES string of the molecule is CC1CCC(C(=O)Oc2ccc(/C=C/C(=O)OCCc3cc(N)cc(N)c3)cc2)CC1. The molecule has 164 valence electrons. The third-order valence-corrected chi connectivity index (χ3v) is 5.53. The molecule has 0 bridgehead atoms. The Bertz CT molecular complexity index is 909. The number of ether oxygens (including phenoxy) is 2. The first-order chi connectivity index (χ1) is 14.9. The molecule has 6 heteroatoms. The molecule has 2 aromatic rings. The van der Waals surface area contributed by atoms with Crippen molar-refractivity contribution in [3.05, 3.63) is 59.7 Å². The van der Waals surface area contributed by atoms with Crippen LogP contribution in [0.15, 0.2) is 48.5 Å². The predicted molar refractivity (Wildman–Crippen MR) is 122 cm³/mol. The van der Waals surface area contributed by atoms with Crippen molar-refractivity contribution < 1.29 is 19.1 Å². The monoisotopic (exact) mass is 422 g/mol. The van der Waals surface area contributed by atoms with Gasteiger partial charge in [-0.25, -0.2) is 4.79 Å². The Labute approximate surface area is 183 Å². The standard InChI is InChI=1S/C25H30N2O4/c1-17-2-7-20(8-3-17)25(29)31-23-9-4-18(5-10-23)6-11-24(28)30-13-12-19-14-21(26)16-22(27)15-19/h4-6,9-11,14-17,20H,2-3,7-8,12-13,26-27H2,1H3/b11-6+. The fourth-order valence-corrected chi connectivity index (χ4v) is 3.71. The lowest BCUT2D eigenvalue weighted by molar-refractivity contribution is -0.140. The molecular weight excluding hydrogens is 392 g/mol. The number of hydrogen-bond donors (Lipinski definition) is 2. The summed E-state index contributed by atoms with van der Waals surface area (Å²) in [5.74, 6) is 0.622. The molecule has 1 saturated carbocycles. The molecule has 31 heavy (non-hydrogen) atoms. The first kappa shape index (κ1) is 22.4. The van der Waals surface area contributed by atoms with Gasteiger partial charge in [0, 0.05) is 23.9 Å². The molecule has 1 fully saturated rings. The summed E-state index contributed by atoms with van der Waals surface area (Å²) in [6, 6.07) is 12.4. The number of esters is 2. The number of hydrogen-bond acceptors (Lipinski definition) is 6. The summed E-state index contributed by atoms with van der Waals surface area (Å²) in [6.45, 7) is 2.46. The van der Waals surface area contributed by atoms with Gasteiger partial charge in [0.05, 0.1) is 12.5 Å². The van der Waals surface area contributed by atoms with E-state index in [0.29, 0.717) is 29.5 Å². The molecule has 0 heterocycles. The van der Waals surface area contributed by atoms with Crippen molar-refractivity contribution >= 4 is 29.4 Å². The average Bonchev–Trinajstić information content (AvgIpc) is 2.73. The van der Waals surface area contributed by atoms with Gasteiger partial charge in [0.1, 0.15) is 5.75 Å². The van der Waals surface area contributed by atoms with Gasteiger partial charge in [0.15, 0.2) is 0 Å². The van der Waals surface area contributed by atoms with Crippen LogP contribution in [-0.4, -0.2) is 18.5 Å². The lowest BCUT2D eigenvalue weighted by Crippen LogP contribution is -2.24. The highest BCUT2D eigenvalue weighted by Crippen LogP contribution is 2.29. The van der Waals surface area contributed by atoms with Crippen LogP contribution in [0, 0.1) is 11.8 Å². The molecule has 0 spiro atoms. The average molecular weight is 423 g/mol. The van der Waals surface area contributed by atoms with E-state index in [4.69, 9.17) is 20.9 Å². The number of carbonyl (C=O) groups is 2. The molecule has 0 amide bonds. The third-order valence-electron chi connectivity index (χ3n) is 5.53. The van der Waals surface area contributed by atoms with Crippen LogP contribution in [0.3, 0.4) is 0 Å². The van der Waals surface area contributed by atoms with Crippen LogP contribution in [-0.2, 0) is 20.7 Å². The Hall–Kier alpha value is -3.28. The maximum atomic E-state index is 12.3. The smallest absolute Gasteiger partial charge is 0.330 e. The Balaban J connectivity index is 1.43. The number of nitrogen functional groups attached to an aromatic ring is 2. The molecule has 4 N–H and O–H groups in total. The normalized spacial score (nSPS) is 18.6. The molecule has 0 atom stereocenters. The van der Waals surface area contributed by atoms with Gasteiger partial charge in [-0.05, 0) is 79.1 Å². The zero-order valence-electron chi connectivity index (χ0n) is 17.9. The highest BCUT2D eigenvalue weighted by molar-refractivity contribution is 5.87. The summed E-state index contributed by atoms with van der Waals surface area (Å²) >= 11 is 0. The Morgan fingerprint density at radius 2 is 1.65 bits per heavy atom. The number of rotatable bonds is 7. The van der Waals surface area contributed by atoms with E-state index < -0.39 is 5.97 Å². The molecule has 2 aromatic carbocycles. The molecule has 0 radical (unpaired) electrons. The zero-order valence-corrected chi connectivity index (χ0v) is 17.9. The van der Waals surface area contributed by atoms with E-state index in [1.54, 1.807) is 36.4 Å². The Kier molecular flexibility index (Phi) is 7.70. The number of carbonyl (C=O) groups excluding carboxylic acids is 2. The van der Waals surface area contributed by atoms with E-state index in [1.165, 1.54) is 6.08 Å². The molecule has 0 saturated heterocycles. The second kappa shape index (κ2) is 10.7. The summed E-state index contributed by atoms with van der Waals surface area (Å²) in [6.07, 6.45) is 7.52. The largest absolute Gasteiger partial charge is 0.462 e. The van der Waals surface area contributed by atoms with E-state index in [0.717, 1.165) is 36.8 Å². The van der Waals surface area contributed by atoms with Crippen molar-refractivity contribution in [2.24, 2.45) is 11.8 Å². The minimum absolute atomic E-state index is 0.00527. The van der Waals surface area contributed by atoms with Gasteiger partial charge >= 0.3 is 11.9 Å². The lowest BCUT2D eigenvalue weighted by Gasteiger charge is -2.24. The van der Waals surface area contributed by atoms with E-state index in [9.17, 15) is 9.59 Å². The second-order valence-electron chi connectivity index (χ2n) is 8.21. The van der Waals surface area contributed by atoms with E-state index >= 15 is 0 Å². The van der Waals surface area contributed by atoms with Crippen molar-refractivity contribution in [2.45, 2.75) is 39.0 Å². The molecule has 3 rings (SSSR count). The molecular formula is C25H30N2O4. The lowest BCUT2D eigenvalue weighted by atomic mass is 9.83. The Morgan fingerprint density at radius 1 is 1.00 bits per heavy atom. The summed E-state index contributed by atoms with van der Waals surface area (Å²) in [7, 11) is 0. The topological polar surface area (TPSA) is 105 Å². The number of anilines is 2. The summed E-state index contributed by atoms with van der Waals surface area (Å²) in [5.41, 5.74) is 14.4. The van der Waals surface area contributed by atoms with E-state index in [1.807, 2.05) is 12.1 Å². The minimum atomic E-state index is -0.432. The molecule has 0 aromatic heterocycles. The molecule has 0 aliphatic heterocycles. The van der Waals surface area contributed by atoms with Crippen LogP contribution in [0.1, 0.15) is 43.7 Å². The quantitative estimate of drug-likeness (QED) is 0.297. The maximum absolute atomic E-state index is 12.3. The number of nitrogens with two attached hydrogens (primary N) is 2. The van der Waals surface area contributed by atoms with Crippen molar-refractivity contribution in [2.75, 3.05) is 18.1 Å². The van der Waals surface area contributed by atoms with Crippen molar-refractivity contribution in [3.8, 4) is 5.75 Å². The predicted octanol–water partition coefficient (Wildman–Crippen LogP) is 4.38. The van der Waals surface area contributed by atoms with Gasteiger partial charge in [-0.2, -0.15) is 0 Å². The van der Waals surface area contributed by atoms with Gasteiger partial charge in [-0.3, -0.25) is 4.79 Å². The molecule has 1 aliphatic rings. The van der Waals surface area contributed by atoms with Crippen molar-refractivity contribution in [3.63, 3.8) is 0 Å². The van der Waals surface area contributed by atoms with Crippen molar-refractivity contribution in [1.82, 2.24) is 0 Å². The van der Waals surface area contributed by atoms with Crippen molar-refractivity contribution in [1.29, 1.82) is 0 Å². The fourth-order valence-electron chi connectivity index (χ4n) is 3.71. The van der Waals surface area contributed by atoms with Crippen LogP contribution >= 0.6 is 0 Å². The van der Waals surface area contributed by atoms with E-state index in [2.05, 4.69) is 6.92 Å². The van der Waals surface area contributed by atoms with Gasteiger partial charge in [-0.1, -0.05) is 19.1 Å². The third kappa shape index (κ3) is 7.17. The van der Waals surface area contributed by atoms with Gasteiger partial charge in [0.25, 0.3) is 0 Å². The molecule has 6 nitrogen and oxygen atoms in total. The Morgan fingerprint density at radius 3 is 2.29 bits per heavy atom. The van der Waals surface area contributed by atoms with Crippen LogP contribution in [0.2, 0.25) is 0 Å². The second-order valence-corrected chi connectivity index (χ2v) is 8.21.